The van der Waals surface area contributed by atoms with E-state index in [9.17, 15) is 18.8 Å². The van der Waals surface area contributed by atoms with Crippen LogP contribution in [0.15, 0.2) is 66.7 Å². The van der Waals surface area contributed by atoms with Gasteiger partial charge in [-0.25, -0.2) is 4.39 Å². The summed E-state index contributed by atoms with van der Waals surface area (Å²) in [5.41, 5.74) is 8.58. The molecule has 38 heavy (non-hydrogen) atoms. The number of Topliss-reactive ketones (excluding diaryl/α,β-unsaturated/α-hetero) is 1. The third-order valence-electron chi connectivity index (χ3n) is 7.74. The van der Waals surface area contributed by atoms with Crippen molar-refractivity contribution >= 4 is 17.6 Å². The highest BCUT2D eigenvalue weighted by molar-refractivity contribution is 6.02. The quantitative estimate of drug-likeness (QED) is 0.495. The van der Waals surface area contributed by atoms with Crippen molar-refractivity contribution in [2.24, 2.45) is 17.6 Å². The second kappa shape index (κ2) is 9.28. The monoisotopic (exact) mass is 514 g/mol. The molecular weight excluding hydrogens is 487 g/mol. The van der Waals surface area contributed by atoms with Gasteiger partial charge < -0.3 is 20.1 Å². The van der Waals surface area contributed by atoms with Crippen molar-refractivity contribution in [3.63, 3.8) is 0 Å². The van der Waals surface area contributed by atoms with Crippen LogP contribution in [-0.2, 0) is 9.59 Å². The average Bonchev–Trinajstić information content (AvgIpc) is 3.54. The molecule has 4 atom stereocenters. The highest BCUT2D eigenvalue weighted by Gasteiger charge is 2.58. The SMILES string of the molecule is Cc1cccc(C(=O)C2C(c3ccc(F)cc3)C(C(N)=O)N(C(=O)C3CC3)C2c2ccc3c(c2)OCO3)c1. The summed E-state index contributed by atoms with van der Waals surface area (Å²) in [5.74, 6) is -2.37. The fourth-order valence-electron chi connectivity index (χ4n) is 5.88. The summed E-state index contributed by atoms with van der Waals surface area (Å²) in [6.45, 7) is 1.97. The van der Waals surface area contributed by atoms with Crippen LogP contribution in [0.1, 0.15) is 51.8 Å². The maximum Gasteiger partial charge on any atom is 0.240 e. The maximum absolute atomic E-state index is 14.4. The number of amides is 2. The summed E-state index contributed by atoms with van der Waals surface area (Å²) in [6.07, 6.45) is 1.43. The number of primary amides is 1. The number of ketones is 1. The first-order valence-corrected chi connectivity index (χ1v) is 12.7. The van der Waals surface area contributed by atoms with Gasteiger partial charge in [-0.05, 0) is 61.2 Å². The fourth-order valence-corrected chi connectivity index (χ4v) is 5.88. The number of benzene rings is 3. The highest BCUT2D eigenvalue weighted by Crippen LogP contribution is 2.53. The third kappa shape index (κ3) is 4.10. The van der Waals surface area contributed by atoms with Crippen LogP contribution in [0.5, 0.6) is 11.5 Å². The molecule has 3 aliphatic rings. The lowest BCUT2D eigenvalue weighted by molar-refractivity contribution is -0.140. The zero-order valence-electron chi connectivity index (χ0n) is 20.8. The third-order valence-corrected chi connectivity index (χ3v) is 7.74. The van der Waals surface area contributed by atoms with E-state index in [1.165, 1.54) is 17.0 Å². The molecule has 6 rings (SSSR count). The van der Waals surface area contributed by atoms with E-state index in [4.69, 9.17) is 15.2 Å². The van der Waals surface area contributed by atoms with Crippen molar-refractivity contribution in [3.05, 3.63) is 94.8 Å². The van der Waals surface area contributed by atoms with Gasteiger partial charge in [0.05, 0.1) is 12.0 Å². The number of carbonyl (C=O) groups excluding carboxylic acids is 3. The van der Waals surface area contributed by atoms with Gasteiger partial charge in [0.1, 0.15) is 11.9 Å². The molecule has 8 heteroatoms. The van der Waals surface area contributed by atoms with Crippen LogP contribution in [0.25, 0.3) is 0 Å². The Morgan fingerprint density at radius 2 is 1.63 bits per heavy atom. The molecule has 0 radical (unpaired) electrons. The maximum atomic E-state index is 14.4. The molecule has 0 bridgehead atoms. The number of aryl methyl sites for hydroxylation is 1. The number of nitrogens with two attached hydrogens (primary N) is 1. The Kier molecular flexibility index (Phi) is 5.90. The highest BCUT2D eigenvalue weighted by atomic mass is 19.1. The van der Waals surface area contributed by atoms with Crippen LogP contribution in [0, 0.1) is 24.6 Å². The zero-order valence-corrected chi connectivity index (χ0v) is 20.8. The molecule has 4 unspecified atom stereocenters. The summed E-state index contributed by atoms with van der Waals surface area (Å²) in [4.78, 5) is 42.8. The van der Waals surface area contributed by atoms with Gasteiger partial charge in [-0.15, -0.1) is 0 Å². The largest absolute Gasteiger partial charge is 0.454 e. The molecule has 2 fully saturated rings. The number of likely N-dealkylation sites (tertiary alicyclic amines) is 1. The van der Waals surface area contributed by atoms with E-state index in [-0.39, 0.29) is 24.4 Å². The summed E-state index contributed by atoms with van der Waals surface area (Å²) in [6, 6.07) is 16.4. The lowest BCUT2D eigenvalue weighted by atomic mass is 9.76. The minimum absolute atomic E-state index is 0.0714. The van der Waals surface area contributed by atoms with Gasteiger partial charge in [0, 0.05) is 17.4 Å². The van der Waals surface area contributed by atoms with Crippen molar-refractivity contribution < 1.29 is 28.2 Å². The molecule has 194 valence electrons. The smallest absolute Gasteiger partial charge is 0.240 e. The predicted molar refractivity (Wildman–Crippen MR) is 136 cm³/mol. The molecule has 1 saturated carbocycles. The number of nitrogens with zero attached hydrogens (tertiary/aromatic N) is 1. The van der Waals surface area contributed by atoms with Gasteiger partial charge in [-0.2, -0.15) is 0 Å². The first-order chi connectivity index (χ1) is 18.3. The average molecular weight is 515 g/mol. The van der Waals surface area contributed by atoms with E-state index in [1.807, 2.05) is 13.0 Å². The Hall–Kier alpha value is -4.20. The normalized spacial score (nSPS) is 23.9. The number of halogens is 1. The van der Waals surface area contributed by atoms with E-state index in [1.54, 1.807) is 48.5 Å². The van der Waals surface area contributed by atoms with Crippen LogP contribution in [-0.4, -0.2) is 35.3 Å². The topological polar surface area (TPSA) is 98.9 Å². The number of carbonyl (C=O) groups is 3. The van der Waals surface area contributed by atoms with E-state index >= 15 is 0 Å². The molecule has 7 nitrogen and oxygen atoms in total. The van der Waals surface area contributed by atoms with Crippen molar-refractivity contribution in [2.75, 3.05) is 6.79 Å². The number of hydrogen-bond donors (Lipinski definition) is 1. The van der Waals surface area contributed by atoms with Gasteiger partial charge in [-0.1, -0.05) is 42.0 Å². The summed E-state index contributed by atoms with van der Waals surface area (Å²) < 4.78 is 25.0. The van der Waals surface area contributed by atoms with Gasteiger partial charge in [0.2, 0.25) is 18.6 Å². The zero-order chi connectivity index (χ0) is 26.6. The minimum Gasteiger partial charge on any atom is -0.454 e. The Bertz CT molecular complexity index is 1430. The predicted octanol–water partition coefficient (Wildman–Crippen LogP) is 4.29. The van der Waals surface area contributed by atoms with Crippen molar-refractivity contribution in [1.29, 1.82) is 0 Å². The van der Waals surface area contributed by atoms with E-state index in [0.29, 0.717) is 41.0 Å². The van der Waals surface area contributed by atoms with E-state index in [0.717, 1.165) is 5.56 Å². The Morgan fingerprint density at radius 3 is 2.32 bits per heavy atom. The number of fused-ring (bicyclic) bond motifs is 1. The Labute approximate surface area is 219 Å². The number of rotatable bonds is 6. The second-order valence-corrected chi connectivity index (χ2v) is 10.3. The number of ether oxygens (including phenoxy) is 2. The van der Waals surface area contributed by atoms with Crippen LogP contribution in [0.2, 0.25) is 0 Å². The molecule has 2 aliphatic heterocycles. The minimum atomic E-state index is -1.09. The van der Waals surface area contributed by atoms with Gasteiger partial charge in [0.15, 0.2) is 17.3 Å². The van der Waals surface area contributed by atoms with Crippen LogP contribution < -0.4 is 15.2 Å². The molecule has 0 aromatic heterocycles. The first kappa shape index (κ1) is 24.2. The van der Waals surface area contributed by atoms with Gasteiger partial charge in [-0.3, -0.25) is 14.4 Å². The lowest BCUT2D eigenvalue weighted by Crippen LogP contribution is -2.47. The second-order valence-electron chi connectivity index (χ2n) is 10.3. The van der Waals surface area contributed by atoms with Gasteiger partial charge >= 0.3 is 0 Å². The molecular formula is C30H27FN2O5. The van der Waals surface area contributed by atoms with Gasteiger partial charge in [0.25, 0.3) is 0 Å². The summed E-state index contributed by atoms with van der Waals surface area (Å²) in [5, 5.41) is 0. The van der Waals surface area contributed by atoms with Crippen molar-refractivity contribution in [2.45, 2.75) is 37.8 Å². The molecule has 1 saturated heterocycles. The van der Waals surface area contributed by atoms with Crippen molar-refractivity contribution in [3.8, 4) is 11.5 Å². The number of hydrogen-bond acceptors (Lipinski definition) is 5. The molecule has 0 spiro atoms. The summed E-state index contributed by atoms with van der Waals surface area (Å²) in [7, 11) is 0. The molecule has 3 aromatic carbocycles. The van der Waals surface area contributed by atoms with Crippen LogP contribution in [0.4, 0.5) is 4.39 Å². The molecule has 1 aliphatic carbocycles. The standard InChI is InChI=1S/C30H27FN2O5/c1-16-3-2-4-20(13-16)28(34)25-24(17-7-10-21(31)11-8-17)27(29(32)35)33(30(36)18-5-6-18)26(25)19-9-12-22-23(14-19)38-15-37-22/h2-4,7-14,18,24-27H,5-6,15H2,1H3,(H2,32,35). The fraction of sp³-hybridized carbons (Fsp3) is 0.300. The first-order valence-electron chi connectivity index (χ1n) is 12.7. The van der Waals surface area contributed by atoms with E-state index in [2.05, 4.69) is 0 Å². The summed E-state index contributed by atoms with van der Waals surface area (Å²) >= 11 is 0. The molecule has 2 heterocycles. The van der Waals surface area contributed by atoms with Crippen LogP contribution >= 0.6 is 0 Å². The molecule has 3 aromatic rings. The molecule has 2 amide bonds. The molecule has 2 N–H and O–H groups in total. The Morgan fingerprint density at radius 1 is 0.921 bits per heavy atom. The lowest BCUT2D eigenvalue weighted by Gasteiger charge is -2.31. The Balaban J connectivity index is 1.58. The van der Waals surface area contributed by atoms with Crippen molar-refractivity contribution in [1.82, 2.24) is 4.90 Å². The van der Waals surface area contributed by atoms with Crippen LogP contribution in [0.3, 0.4) is 0 Å². The van der Waals surface area contributed by atoms with E-state index < -0.39 is 35.6 Å².